The van der Waals surface area contributed by atoms with Gasteiger partial charge in [0.2, 0.25) is 0 Å². The molecule has 100 valence electrons. The SMILES string of the molecule is COc1ccc2cc(C)c(=O)n([C@H]3CCNC3)c2c1. The largest absolute Gasteiger partial charge is 0.497 e. The van der Waals surface area contributed by atoms with Crippen LogP contribution in [0.2, 0.25) is 0 Å². The predicted molar refractivity (Wildman–Crippen MR) is 76.0 cm³/mol. The van der Waals surface area contributed by atoms with Crippen LogP contribution in [-0.2, 0) is 0 Å². The molecule has 1 N–H and O–H groups in total. The summed E-state index contributed by atoms with van der Waals surface area (Å²) in [4.78, 5) is 12.5. The van der Waals surface area contributed by atoms with Crippen molar-refractivity contribution in [3.05, 3.63) is 40.2 Å². The fourth-order valence-corrected chi connectivity index (χ4v) is 2.80. The summed E-state index contributed by atoms with van der Waals surface area (Å²) in [5.74, 6) is 0.787. The van der Waals surface area contributed by atoms with Crippen molar-refractivity contribution in [2.45, 2.75) is 19.4 Å². The smallest absolute Gasteiger partial charge is 0.254 e. The first kappa shape index (κ1) is 12.2. The fourth-order valence-electron chi connectivity index (χ4n) is 2.80. The Morgan fingerprint density at radius 1 is 1.37 bits per heavy atom. The van der Waals surface area contributed by atoms with Gasteiger partial charge in [-0.25, -0.2) is 0 Å². The average molecular weight is 258 g/mol. The molecule has 4 heteroatoms. The maximum absolute atomic E-state index is 12.5. The van der Waals surface area contributed by atoms with Crippen LogP contribution in [0.1, 0.15) is 18.0 Å². The van der Waals surface area contributed by atoms with Crippen molar-refractivity contribution in [3.63, 3.8) is 0 Å². The zero-order valence-corrected chi connectivity index (χ0v) is 11.3. The summed E-state index contributed by atoms with van der Waals surface area (Å²) in [6.07, 6.45) is 0.996. The number of hydrogen-bond acceptors (Lipinski definition) is 3. The van der Waals surface area contributed by atoms with Crippen LogP contribution in [0.15, 0.2) is 29.1 Å². The number of nitrogens with zero attached hydrogens (tertiary/aromatic N) is 1. The van der Waals surface area contributed by atoms with Gasteiger partial charge in [0.25, 0.3) is 5.56 Å². The molecular formula is C15H18N2O2. The topological polar surface area (TPSA) is 43.3 Å². The molecule has 0 aliphatic carbocycles. The normalized spacial score (nSPS) is 18.9. The Hall–Kier alpha value is -1.81. The number of pyridine rings is 1. The molecule has 1 aromatic heterocycles. The Labute approximate surface area is 112 Å². The molecule has 19 heavy (non-hydrogen) atoms. The van der Waals surface area contributed by atoms with E-state index in [1.54, 1.807) is 7.11 Å². The van der Waals surface area contributed by atoms with E-state index in [9.17, 15) is 4.79 Å². The Bertz CT molecular complexity index is 670. The minimum Gasteiger partial charge on any atom is -0.497 e. The van der Waals surface area contributed by atoms with Gasteiger partial charge in [0.05, 0.1) is 18.7 Å². The van der Waals surface area contributed by atoms with E-state index in [4.69, 9.17) is 4.74 Å². The molecule has 2 heterocycles. The molecule has 1 aromatic carbocycles. The summed E-state index contributed by atoms with van der Waals surface area (Å²) in [6.45, 7) is 3.71. The second-order valence-electron chi connectivity index (χ2n) is 5.07. The van der Waals surface area contributed by atoms with Gasteiger partial charge in [-0.2, -0.15) is 0 Å². The molecule has 0 amide bonds. The first-order chi connectivity index (χ1) is 9.20. The number of hydrogen-bond donors (Lipinski definition) is 1. The van der Waals surface area contributed by atoms with Gasteiger partial charge in [0.15, 0.2) is 0 Å². The van der Waals surface area contributed by atoms with E-state index in [2.05, 4.69) is 5.32 Å². The minimum atomic E-state index is 0.106. The molecule has 1 atom stereocenters. The second kappa shape index (κ2) is 4.70. The molecule has 0 unspecified atom stereocenters. The molecule has 0 radical (unpaired) electrons. The van der Waals surface area contributed by atoms with E-state index in [-0.39, 0.29) is 11.6 Å². The minimum absolute atomic E-state index is 0.106. The van der Waals surface area contributed by atoms with Crippen molar-refractivity contribution in [1.82, 2.24) is 9.88 Å². The third-order valence-electron chi connectivity index (χ3n) is 3.82. The highest BCUT2D eigenvalue weighted by atomic mass is 16.5. The summed E-state index contributed by atoms with van der Waals surface area (Å²) in [7, 11) is 1.65. The lowest BCUT2D eigenvalue weighted by molar-refractivity contribution is 0.415. The van der Waals surface area contributed by atoms with E-state index in [0.717, 1.165) is 41.7 Å². The van der Waals surface area contributed by atoms with Gasteiger partial charge < -0.3 is 14.6 Å². The van der Waals surface area contributed by atoms with Crippen molar-refractivity contribution < 1.29 is 4.74 Å². The lowest BCUT2D eigenvalue weighted by Crippen LogP contribution is -2.28. The van der Waals surface area contributed by atoms with Crippen LogP contribution in [0.25, 0.3) is 10.9 Å². The first-order valence-electron chi connectivity index (χ1n) is 6.61. The maximum Gasteiger partial charge on any atom is 0.254 e. The highest BCUT2D eigenvalue weighted by Gasteiger charge is 2.20. The van der Waals surface area contributed by atoms with Crippen LogP contribution in [0.3, 0.4) is 0 Å². The summed E-state index contributed by atoms with van der Waals surface area (Å²) < 4.78 is 7.20. The van der Waals surface area contributed by atoms with Gasteiger partial charge in [-0.05, 0) is 43.5 Å². The molecule has 1 aliphatic rings. The van der Waals surface area contributed by atoms with E-state index >= 15 is 0 Å². The molecule has 0 spiro atoms. The van der Waals surface area contributed by atoms with E-state index in [0.29, 0.717) is 0 Å². The summed E-state index contributed by atoms with van der Waals surface area (Å²) in [5, 5.41) is 4.41. The number of aromatic nitrogens is 1. The highest BCUT2D eigenvalue weighted by Crippen LogP contribution is 2.24. The fraction of sp³-hybridized carbons (Fsp3) is 0.400. The van der Waals surface area contributed by atoms with Crippen molar-refractivity contribution in [2.75, 3.05) is 20.2 Å². The standard InChI is InChI=1S/C15H18N2O2/c1-10-7-11-3-4-13(19-2)8-14(11)17(15(10)18)12-5-6-16-9-12/h3-4,7-8,12,16H,5-6,9H2,1-2H3/t12-/m0/s1. The molecule has 1 aliphatic heterocycles. The molecule has 1 saturated heterocycles. The van der Waals surface area contributed by atoms with Gasteiger partial charge in [-0.1, -0.05) is 0 Å². The molecule has 4 nitrogen and oxygen atoms in total. The quantitative estimate of drug-likeness (QED) is 0.894. The van der Waals surface area contributed by atoms with E-state index in [1.165, 1.54) is 0 Å². The van der Waals surface area contributed by atoms with Gasteiger partial charge in [-0.15, -0.1) is 0 Å². The van der Waals surface area contributed by atoms with Gasteiger partial charge in [-0.3, -0.25) is 4.79 Å². The molecular weight excluding hydrogens is 240 g/mol. The van der Waals surface area contributed by atoms with Crippen LogP contribution in [-0.4, -0.2) is 24.8 Å². The summed E-state index contributed by atoms with van der Waals surface area (Å²) >= 11 is 0. The van der Waals surface area contributed by atoms with Crippen LogP contribution in [0, 0.1) is 6.92 Å². The van der Waals surface area contributed by atoms with Crippen LogP contribution < -0.4 is 15.6 Å². The average Bonchev–Trinajstić information content (AvgIpc) is 2.93. The molecule has 3 rings (SSSR count). The monoisotopic (exact) mass is 258 g/mol. The maximum atomic E-state index is 12.5. The Morgan fingerprint density at radius 2 is 2.21 bits per heavy atom. The summed E-state index contributed by atoms with van der Waals surface area (Å²) in [5.41, 5.74) is 1.86. The number of benzene rings is 1. The number of aryl methyl sites for hydroxylation is 1. The number of fused-ring (bicyclic) bond motifs is 1. The Morgan fingerprint density at radius 3 is 2.89 bits per heavy atom. The van der Waals surface area contributed by atoms with Crippen molar-refractivity contribution in [3.8, 4) is 5.75 Å². The molecule has 2 aromatic rings. The molecule has 0 bridgehead atoms. The lowest BCUT2D eigenvalue weighted by Gasteiger charge is -2.18. The summed E-state index contributed by atoms with van der Waals surface area (Å²) in [6, 6.07) is 8.09. The third kappa shape index (κ3) is 2.02. The predicted octanol–water partition coefficient (Wildman–Crippen LogP) is 1.85. The first-order valence-corrected chi connectivity index (χ1v) is 6.61. The zero-order chi connectivity index (χ0) is 13.4. The Balaban J connectivity index is 2.31. The number of methoxy groups -OCH3 is 1. The van der Waals surface area contributed by atoms with E-state index in [1.807, 2.05) is 35.8 Å². The number of ether oxygens (including phenoxy) is 1. The number of nitrogens with one attached hydrogen (secondary N) is 1. The third-order valence-corrected chi connectivity index (χ3v) is 3.82. The highest BCUT2D eigenvalue weighted by molar-refractivity contribution is 5.81. The van der Waals surface area contributed by atoms with Gasteiger partial charge in [0, 0.05) is 18.2 Å². The van der Waals surface area contributed by atoms with Crippen molar-refractivity contribution in [2.24, 2.45) is 0 Å². The number of rotatable bonds is 2. The van der Waals surface area contributed by atoms with Crippen molar-refractivity contribution in [1.29, 1.82) is 0 Å². The van der Waals surface area contributed by atoms with Gasteiger partial charge >= 0.3 is 0 Å². The van der Waals surface area contributed by atoms with Crippen LogP contribution >= 0.6 is 0 Å². The molecule has 0 saturated carbocycles. The Kier molecular flexibility index (Phi) is 3.03. The molecule has 1 fully saturated rings. The lowest BCUT2D eigenvalue weighted by atomic mass is 10.1. The van der Waals surface area contributed by atoms with E-state index < -0.39 is 0 Å². The van der Waals surface area contributed by atoms with Crippen LogP contribution in [0.5, 0.6) is 5.75 Å². The second-order valence-corrected chi connectivity index (χ2v) is 5.07. The van der Waals surface area contributed by atoms with Gasteiger partial charge in [0.1, 0.15) is 5.75 Å². The van der Waals surface area contributed by atoms with Crippen molar-refractivity contribution >= 4 is 10.9 Å². The van der Waals surface area contributed by atoms with Crippen LogP contribution in [0.4, 0.5) is 0 Å². The zero-order valence-electron chi connectivity index (χ0n) is 11.3.